The standard InChI is InChI=1S/C16H20O2/c1-12(13-8-5-4-6-9-13)14-10-7-11-16(14,2)15(17)18-3/h4-6,8-9,14H,1,7,10-11H2,2-3H3. The molecule has 2 heteroatoms. The summed E-state index contributed by atoms with van der Waals surface area (Å²) in [5.41, 5.74) is 1.77. The van der Waals surface area contributed by atoms with E-state index in [9.17, 15) is 4.79 Å². The third kappa shape index (κ3) is 2.07. The summed E-state index contributed by atoms with van der Waals surface area (Å²) in [7, 11) is 1.47. The minimum atomic E-state index is -0.415. The Balaban J connectivity index is 2.28. The lowest BCUT2D eigenvalue weighted by Gasteiger charge is -2.30. The van der Waals surface area contributed by atoms with Crippen molar-refractivity contribution in [3.05, 3.63) is 42.5 Å². The Hall–Kier alpha value is -1.57. The van der Waals surface area contributed by atoms with E-state index in [1.807, 2.05) is 25.1 Å². The topological polar surface area (TPSA) is 26.3 Å². The third-order valence-corrected chi connectivity index (χ3v) is 4.17. The fourth-order valence-electron chi connectivity index (χ4n) is 3.06. The van der Waals surface area contributed by atoms with Gasteiger partial charge in [0.2, 0.25) is 0 Å². The fourth-order valence-corrected chi connectivity index (χ4v) is 3.06. The molecular weight excluding hydrogens is 224 g/mol. The Bertz CT molecular complexity index is 449. The normalized spacial score (nSPS) is 26.9. The summed E-state index contributed by atoms with van der Waals surface area (Å²) >= 11 is 0. The number of carbonyl (C=O) groups excluding carboxylic acids is 1. The lowest BCUT2D eigenvalue weighted by molar-refractivity contribution is -0.152. The lowest BCUT2D eigenvalue weighted by atomic mass is 9.74. The number of benzene rings is 1. The first-order chi connectivity index (χ1) is 8.59. The van der Waals surface area contributed by atoms with Crippen molar-refractivity contribution in [3.63, 3.8) is 0 Å². The summed E-state index contributed by atoms with van der Waals surface area (Å²) in [5, 5.41) is 0. The van der Waals surface area contributed by atoms with Gasteiger partial charge in [-0.15, -0.1) is 0 Å². The highest BCUT2D eigenvalue weighted by Crippen LogP contribution is 2.49. The minimum Gasteiger partial charge on any atom is -0.469 e. The molecule has 0 aromatic heterocycles. The van der Waals surface area contributed by atoms with Crippen molar-refractivity contribution in [1.29, 1.82) is 0 Å². The maximum atomic E-state index is 12.0. The molecule has 0 spiro atoms. The molecule has 0 radical (unpaired) electrons. The summed E-state index contributed by atoms with van der Waals surface area (Å²) in [4.78, 5) is 12.0. The van der Waals surface area contributed by atoms with E-state index in [1.54, 1.807) is 0 Å². The third-order valence-electron chi connectivity index (χ3n) is 4.17. The molecule has 0 amide bonds. The summed E-state index contributed by atoms with van der Waals surface area (Å²) in [6.07, 6.45) is 2.96. The van der Waals surface area contributed by atoms with Gasteiger partial charge in [-0.3, -0.25) is 4.79 Å². The van der Waals surface area contributed by atoms with Crippen molar-refractivity contribution in [2.75, 3.05) is 7.11 Å². The number of ether oxygens (including phenoxy) is 1. The number of carbonyl (C=O) groups is 1. The molecule has 96 valence electrons. The van der Waals surface area contributed by atoms with Crippen LogP contribution < -0.4 is 0 Å². The molecule has 1 aliphatic rings. The number of methoxy groups -OCH3 is 1. The zero-order valence-electron chi connectivity index (χ0n) is 11.1. The first kappa shape index (κ1) is 12.9. The lowest BCUT2D eigenvalue weighted by Crippen LogP contribution is -2.33. The van der Waals surface area contributed by atoms with Crippen molar-refractivity contribution in [3.8, 4) is 0 Å². The fraction of sp³-hybridized carbons (Fsp3) is 0.438. The van der Waals surface area contributed by atoms with Crippen LogP contribution >= 0.6 is 0 Å². The van der Waals surface area contributed by atoms with Gasteiger partial charge in [-0.25, -0.2) is 0 Å². The van der Waals surface area contributed by atoms with Gasteiger partial charge in [-0.1, -0.05) is 43.3 Å². The molecule has 1 aliphatic carbocycles. The molecule has 0 heterocycles. The van der Waals surface area contributed by atoms with Crippen LogP contribution in [0.2, 0.25) is 0 Å². The van der Waals surface area contributed by atoms with E-state index < -0.39 is 5.41 Å². The number of esters is 1. The molecule has 2 nitrogen and oxygen atoms in total. The monoisotopic (exact) mass is 244 g/mol. The van der Waals surface area contributed by atoms with Crippen LogP contribution in [0.4, 0.5) is 0 Å². The molecule has 1 saturated carbocycles. The van der Waals surface area contributed by atoms with Gasteiger partial charge in [0.25, 0.3) is 0 Å². The highest BCUT2D eigenvalue weighted by molar-refractivity contribution is 5.81. The number of hydrogen-bond donors (Lipinski definition) is 0. The predicted octanol–water partition coefficient (Wildman–Crippen LogP) is 3.68. The molecule has 0 bridgehead atoms. The van der Waals surface area contributed by atoms with Crippen molar-refractivity contribution < 1.29 is 9.53 Å². The van der Waals surface area contributed by atoms with Crippen molar-refractivity contribution in [2.24, 2.45) is 11.3 Å². The molecule has 1 aromatic carbocycles. The number of allylic oxidation sites excluding steroid dienone is 1. The van der Waals surface area contributed by atoms with E-state index in [2.05, 4.69) is 18.7 Å². The largest absolute Gasteiger partial charge is 0.469 e. The molecule has 2 rings (SSSR count). The van der Waals surface area contributed by atoms with Gasteiger partial charge in [-0.2, -0.15) is 0 Å². The number of hydrogen-bond acceptors (Lipinski definition) is 2. The van der Waals surface area contributed by atoms with E-state index in [-0.39, 0.29) is 11.9 Å². The Morgan fingerprint density at radius 3 is 2.67 bits per heavy atom. The highest BCUT2D eigenvalue weighted by atomic mass is 16.5. The van der Waals surface area contributed by atoms with E-state index in [4.69, 9.17) is 4.74 Å². The Morgan fingerprint density at radius 1 is 1.39 bits per heavy atom. The van der Waals surface area contributed by atoms with Gasteiger partial charge in [0.05, 0.1) is 12.5 Å². The first-order valence-electron chi connectivity index (χ1n) is 6.42. The first-order valence-corrected chi connectivity index (χ1v) is 6.42. The molecule has 0 aliphatic heterocycles. The maximum absolute atomic E-state index is 12.0. The zero-order valence-corrected chi connectivity index (χ0v) is 11.1. The highest BCUT2D eigenvalue weighted by Gasteiger charge is 2.47. The molecular formula is C16H20O2. The van der Waals surface area contributed by atoms with Crippen LogP contribution in [-0.4, -0.2) is 13.1 Å². The van der Waals surface area contributed by atoms with Crippen LogP contribution in [0.15, 0.2) is 36.9 Å². The van der Waals surface area contributed by atoms with Crippen LogP contribution in [-0.2, 0) is 9.53 Å². The Morgan fingerprint density at radius 2 is 2.06 bits per heavy atom. The number of rotatable bonds is 3. The SMILES string of the molecule is C=C(c1ccccc1)C1CCCC1(C)C(=O)OC. The van der Waals surface area contributed by atoms with Crippen molar-refractivity contribution in [1.82, 2.24) is 0 Å². The predicted molar refractivity (Wildman–Crippen MR) is 72.9 cm³/mol. The Labute approximate surface area is 109 Å². The van der Waals surface area contributed by atoms with Gasteiger partial charge >= 0.3 is 5.97 Å². The molecule has 0 N–H and O–H groups in total. The van der Waals surface area contributed by atoms with E-state index in [0.29, 0.717) is 0 Å². The Kier molecular flexibility index (Phi) is 3.55. The molecule has 0 saturated heterocycles. The van der Waals surface area contributed by atoms with Gasteiger partial charge in [0.1, 0.15) is 0 Å². The average molecular weight is 244 g/mol. The van der Waals surface area contributed by atoms with Gasteiger partial charge in [-0.05, 0) is 36.8 Å². The second kappa shape index (κ2) is 4.97. The van der Waals surface area contributed by atoms with E-state index in [1.165, 1.54) is 7.11 Å². The zero-order chi connectivity index (χ0) is 13.2. The minimum absolute atomic E-state index is 0.109. The van der Waals surface area contributed by atoms with Crippen LogP contribution in [0.5, 0.6) is 0 Å². The smallest absolute Gasteiger partial charge is 0.312 e. The van der Waals surface area contributed by atoms with Crippen LogP contribution in [0.3, 0.4) is 0 Å². The molecule has 1 aromatic rings. The average Bonchev–Trinajstić information content (AvgIpc) is 2.81. The second-order valence-electron chi connectivity index (χ2n) is 5.25. The van der Waals surface area contributed by atoms with Crippen LogP contribution in [0.1, 0.15) is 31.7 Å². The molecule has 1 fully saturated rings. The van der Waals surface area contributed by atoms with Crippen LogP contribution in [0, 0.1) is 11.3 Å². The summed E-state index contributed by atoms with van der Waals surface area (Å²) < 4.78 is 4.97. The summed E-state index contributed by atoms with van der Waals surface area (Å²) in [6.45, 7) is 6.22. The molecule has 2 unspecified atom stereocenters. The van der Waals surface area contributed by atoms with E-state index in [0.717, 1.165) is 30.4 Å². The van der Waals surface area contributed by atoms with Gasteiger partial charge < -0.3 is 4.74 Å². The molecule has 2 atom stereocenters. The summed E-state index contributed by atoms with van der Waals surface area (Å²) in [5.74, 6) is 0.0782. The quantitative estimate of drug-likeness (QED) is 0.758. The van der Waals surface area contributed by atoms with Gasteiger partial charge in [0, 0.05) is 0 Å². The van der Waals surface area contributed by atoms with Gasteiger partial charge in [0.15, 0.2) is 0 Å². The summed E-state index contributed by atoms with van der Waals surface area (Å²) in [6, 6.07) is 10.1. The molecule has 18 heavy (non-hydrogen) atoms. The maximum Gasteiger partial charge on any atom is 0.312 e. The van der Waals surface area contributed by atoms with Crippen molar-refractivity contribution in [2.45, 2.75) is 26.2 Å². The van der Waals surface area contributed by atoms with Crippen molar-refractivity contribution >= 4 is 11.5 Å². The van der Waals surface area contributed by atoms with E-state index >= 15 is 0 Å². The van der Waals surface area contributed by atoms with Crippen LogP contribution in [0.25, 0.3) is 5.57 Å². The second-order valence-corrected chi connectivity index (χ2v) is 5.25.